The molecule has 130 valence electrons. The van der Waals surface area contributed by atoms with E-state index in [1.165, 1.54) is 0 Å². The Morgan fingerprint density at radius 1 is 1.32 bits per heavy atom. The standard InChI is InChI=1S/C16H18N6O3/c1-9-6-11(14(23)17-7-9)19-15-18-8-12-13(21-15)22(16(24)20-12)10-2-4-25-5-3-10/h6-8,10H,2-5H2,1H3,(H,17,23)(H,20,24)(H,18,19,21). The third-order valence-corrected chi connectivity index (χ3v) is 4.31. The van der Waals surface area contributed by atoms with Crippen LogP contribution in [0.2, 0.25) is 0 Å². The van der Waals surface area contributed by atoms with E-state index in [0.29, 0.717) is 30.1 Å². The third-order valence-electron chi connectivity index (χ3n) is 4.31. The molecular formula is C16H18N6O3. The second-order valence-corrected chi connectivity index (χ2v) is 6.12. The average molecular weight is 342 g/mol. The van der Waals surface area contributed by atoms with Crippen LogP contribution in [0.3, 0.4) is 0 Å². The van der Waals surface area contributed by atoms with Crippen LogP contribution in [0.1, 0.15) is 24.4 Å². The molecule has 1 aliphatic rings. The highest BCUT2D eigenvalue weighted by Crippen LogP contribution is 2.23. The molecule has 0 amide bonds. The first-order chi connectivity index (χ1) is 12.1. The summed E-state index contributed by atoms with van der Waals surface area (Å²) >= 11 is 0. The highest BCUT2D eigenvalue weighted by Gasteiger charge is 2.21. The van der Waals surface area contributed by atoms with E-state index in [1.54, 1.807) is 23.0 Å². The Balaban J connectivity index is 1.75. The molecule has 25 heavy (non-hydrogen) atoms. The molecule has 0 saturated carbocycles. The molecule has 0 atom stereocenters. The Kier molecular flexibility index (Phi) is 3.85. The molecule has 3 aromatic rings. The average Bonchev–Trinajstić information content (AvgIpc) is 2.94. The van der Waals surface area contributed by atoms with E-state index in [-0.39, 0.29) is 23.2 Å². The van der Waals surface area contributed by atoms with Crippen molar-refractivity contribution in [3.63, 3.8) is 0 Å². The van der Waals surface area contributed by atoms with E-state index in [2.05, 4.69) is 25.3 Å². The summed E-state index contributed by atoms with van der Waals surface area (Å²) in [7, 11) is 0. The number of hydrogen-bond donors (Lipinski definition) is 3. The highest BCUT2D eigenvalue weighted by molar-refractivity contribution is 5.72. The fourth-order valence-electron chi connectivity index (χ4n) is 3.06. The summed E-state index contributed by atoms with van der Waals surface area (Å²) in [6.45, 7) is 3.12. The molecule has 1 fully saturated rings. The first-order valence-electron chi connectivity index (χ1n) is 8.13. The van der Waals surface area contributed by atoms with Gasteiger partial charge in [0.2, 0.25) is 5.95 Å². The van der Waals surface area contributed by atoms with Crippen molar-refractivity contribution in [3.05, 3.63) is 44.9 Å². The molecule has 4 rings (SSSR count). The van der Waals surface area contributed by atoms with Crippen LogP contribution in [0.15, 0.2) is 28.0 Å². The SMILES string of the molecule is Cc1c[nH]c(=O)c(Nc2ncc3[nH]c(=O)n(C4CCOCC4)c3n2)c1. The Hall–Kier alpha value is -2.94. The van der Waals surface area contributed by atoms with Gasteiger partial charge in [-0.1, -0.05) is 0 Å². The van der Waals surface area contributed by atoms with Crippen LogP contribution in [0.5, 0.6) is 0 Å². The maximum absolute atomic E-state index is 12.3. The largest absolute Gasteiger partial charge is 0.381 e. The van der Waals surface area contributed by atoms with Gasteiger partial charge in [0.05, 0.1) is 6.20 Å². The van der Waals surface area contributed by atoms with E-state index in [4.69, 9.17) is 4.74 Å². The summed E-state index contributed by atoms with van der Waals surface area (Å²) in [5, 5.41) is 2.92. The van der Waals surface area contributed by atoms with Crippen molar-refractivity contribution in [1.29, 1.82) is 0 Å². The lowest BCUT2D eigenvalue weighted by atomic mass is 10.1. The van der Waals surface area contributed by atoms with Crippen molar-refractivity contribution in [2.75, 3.05) is 18.5 Å². The number of ether oxygens (including phenoxy) is 1. The summed E-state index contributed by atoms with van der Waals surface area (Å²) in [4.78, 5) is 38.3. The number of aryl methyl sites for hydroxylation is 1. The van der Waals surface area contributed by atoms with Crippen LogP contribution >= 0.6 is 0 Å². The Morgan fingerprint density at radius 3 is 2.92 bits per heavy atom. The number of aromatic nitrogens is 5. The molecule has 9 nitrogen and oxygen atoms in total. The first-order valence-corrected chi connectivity index (χ1v) is 8.13. The predicted molar refractivity (Wildman–Crippen MR) is 92.3 cm³/mol. The van der Waals surface area contributed by atoms with E-state index in [0.717, 1.165) is 18.4 Å². The van der Waals surface area contributed by atoms with Crippen molar-refractivity contribution in [1.82, 2.24) is 24.5 Å². The predicted octanol–water partition coefficient (Wildman–Crippen LogP) is 1.21. The molecular weight excluding hydrogens is 324 g/mol. The van der Waals surface area contributed by atoms with E-state index in [9.17, 15) is 9.59 Å². The molecule has 0 aliphatic carbocycles. The lowest BCUT2D eigenvalue weighted by Crippen LogP contribution is -2.27. The highest BCUT2D eigenvalue weighted by atomic mass is 16.5. The zero-order valence-electron chi connectivity index (χ0n) is 13.7. The van der Waals surface area contributed by atoms with E-state index in [1.807, 2.05) is 6.92 Å². The second kappa shape index (κ2) is 6.17. The molecule has 4 heterocycles. The lowest BCUT2D eigenvalue weighted by molar-refractivity contribution is 0.0697. The molecule has 0 bridgehead atoms. The summed E-state index contributed by atoms with van der Waals surface area (Å²) in [5.41, 5.74) is 1.89. The zero-order chi connectivity index (χ0) is 17.4. The molecule has 3 N–H and O–H groups in total. The molecule has 1 aliphatic heterocycles. The molecule has 0 spiro atoms. The van der Waals surface area contributed by atoms with Crippen molar-refractivity contribution in [3.8, 4) is 0 Å². The Morgan fingerprint density at radius 2 is 2.12 bits per heavy atom. The number of hydrogen-bond acceptors (Lipinski definition) is 6. The number of nitrogens with zero attached hydrogens (tertiary/aromatic N) is 3. The van der Waals surface area contributed by atoms with Gasteiger partial charge < -0.3 is 20.0 Å². The molecule has 0 aromatic carbocycles. The van der Waals surface area contributed by atoms with Gasteiger partial charge in [0.15, 0.2) is 5.65 Å². The number of aromatic amines is 2. The van der Waals surface area contributed by atoms with Gasteiger partial charge in [0, 0.05) is 25.5 Å². The minimum Gasteiger partial charge on any atom is -0.381 e. The van der Waals surface area contributed by atoms with Crippen LogP contribution < -0.4 is 16.6 Å². The number of anilines is 2. The van der Waals surface area contributed by atoms with Gasteiger partial charge in [-0.2, -0.15) is 4.98 Å². The van der Waals surface area contributed by atoms with Crippen molar-refractivity contribution in [2.45, 2.75) is 25.8 Å². The van der Waals surface area contributed by atoms with Crippen molar-refractivity contribution >= 4 is 22.8 Å². The van der Waals surface area contributed by atoms with Crippen molar-refractivity contribution < 1.29 is 4.74 Å². The Labute approximate surface area is 142 Å². The summed E-state index contributed by atoms with van der Waals surface area (Å²) < 4.78 is 7.03. The molecule has 9 heteroatoms. The quantitative estimate of drug-likeness (QED) is 0.658. The normalized spacial score (nSPS) is 15.6. The summed E-state index contributed by atoms with van der Waals surface area (Å²) in [6, 6.07) is 1.76. The number of pyridine rings is 1. The zero-order valence-corrected chi connectivity index (χ0v) is 13.7. The van der Waals surface area contributed by atoms with Gasteiger partial charge in [0.1, 0.15) is 11.2 Å². The van der Waals surface area contributed by atoms with E-state index >= 15 is 0 Å². The summed E-state index contributed by atoms with van der Waals surface area (Å²) in [6.07, 6.45) is 4.70. The van der Waals surface area contributed by atoms with Crippen LogP contribution in [0.25, 0.3) is 11.2 Å². The van der Waals surface area contributed by atoms with Gasteiger partial charge in [-0.3, -0.25) is 9.36 Å². The van der Waals surface area contributed by atoms with Crippen LogP contribution in [0.4, 0.5) is 11.6 Å². The minimum atomic E-state index is -0.259. The fraction of sp³-hybridized carbons (Fsp3) is 0.375. The van der Waals surface area contributed by atoms with Crippen molar-refractivity contribution in [2.24, 2.45) is 0 Å². The molecule has 0 radical (unpaired) electrons. The molecule has 0 unspecified atom stereocenters. The number of fused-ring (bicyclic) bond motifs is 1. The third kappa shape index (κ3) is 2.93. The summed E-state index contributed by atoms with van der Waals surface area (Å²) in [5.74, 6) is 0.267. The molecule has 3 aromatic heterocycles. The number of rotatable bonds is 3. The maximum Gasteiger partial charge on any atom is 0.327 e. The van der Waals surface area contributed by atoms with Gasteiger partial charge in [-0.15, -0.1) is 0 Å². The monoisotopic (exact) mass is 342 g/mol. The number of nitrogens with one attached hydrogen (secondary N) is 3. The topological polar surface area (TPSA) is 118 Å². The van der Waals surface area contributed by atoms with Gasteiger partial charge >= 0.3 is 5.69 Å². The molecule has 1 saturated heterocycles. The second-order valence-electron chi connectivity index (χ2n) is 6.12. The minimum absolute atomic E-state index is 0.0418. The van der Waals surface area contributed by atoms with Crippen LogP contribution in [0, 0.1) is 6.92 Å². The van der Waals surface area contributed by atoms with Gasteiger partial charge in [0.25, 0.3) is 5.56 Å². The Bertz CT molecular complexity index is 1030. The van der Waals surface area contributed by atoms with Gasteiger partial charge in [-0.05, 0) is 31.4 Å². The van der Waals surface area contributed by atoms with Crippen LogP contribution in [-0.2, 0) is 4.74 Å². The first kappa shape index (κ1) is 15.6. The number of H-pyrrole nitrogens is 2. The smallest absolute Gasteiger partial charge is 0.327 e. The fourth-order valence-corrected chi connectivity index (χ4v) is 3.06. The van der Waals surface area contributed by atoms with Crippen LogP contribution in [-0.4, -0.2) is 37.7 Å². The number of imidazole rings is 1. The van der Waals surface area contributed by atoms with E-state index < -0.39 is 0 Å². The maximum atomic E-state index is 12.3. The lowest BCUT2D eigenvalue weighted by Gasteiger charge is -2.22. The van der Waals surface area contributed by atoms with Gasteiger partial charge in [-0.25, -0.2) is 9.78 Å².